The van der Waals surface area contributed by atoms with Crippen molar-refractivity contribution in [1.29, 1.82) is 0 Å². The summed E-state index contributed by atoms with van der Waals surface area (Å²) in [6, 6.07) is 25.4. The van der Waals surface area contributed by atoms with Gasteiger partial charge in [-0.05, 0) is 54.4 Å². The van der Waals surface area contributed by atoms with E-state index in [0.717, 1.165) is 28.7 Å². The maximum atomic E-state index is 14.4. The highest BCUT2D eigenvalue weighted by atomic mass is 16.3. The highest BCUT2D eigenvalue weighted by Gasteiger charge is 2.46. The number of aliphatic hydroxyl groups is 4. The first-order chi connectivity index (χ1) is 19.0. The van der Waals surface area contributed by atoms with Crippen LogP contribution in [0.4, 0.5) is 4.79 Å². The number of hydrogen-bond donors (Lipinski definition) is 4. The average molecular weight is 533 g/mol. The molecule has 0 aliphatic carbocycles. The minimum absolute atomic E-state index is 0.0925. The summed E-state index contributed by atoms with van der Waals surface area (Å²) < 4.78 is 0. The number of nitrogens with zero attached hydrogens (tertiary/aromatic N) is 2. The Kier molecular flexibility index (Phi) is 10.5. The van der Waals surface area contributed by atoms with Gasteiger partial charge < -0.3 is 30.2 Å². The van der Waals surface area contributed by atoms with Crippen LogP contribution in [0.15, 0.2) is 84.9 Å². The minimum Gasteiger partial charge on any atom is -0.396 e. The Morgan fingerprint density at radius 2 is 1.15 bits per heavy atom. The molecule has 4 atom stereocenters. The topological polar surface area (TPSA) is 104 Å². The van der Waals surface area contributed by atoms with Crippen molar-refractivity contribution in [2.45, 2.75) is 69.5 Å². The van der Waals surface area contributed by atoms with Crippen LogP contribution in [0.2, 0.25) is 0 Å². The predicted octanol–water partition coefficient (Wildman–Crippen LogP) is 3.52. The van der Waals surface area contributed by atoms with Crippen molar-refractivity contribution in [3.8, 4) is 0 Å². The zero-order valence-corrected chi connectivity index (χ0v) is 22.3. The van der Waals surface area contributed by atoms with E-state index in [1.807, 2.05) is 84.9 Å². The van der Waals surface area contributed by atoms with Crippen molar-refractivity contribution in [1.82, 2.24) is 9.80 Å². The first-order valence-corrected chi connectivity index (χ1v) is 13.8. The first-order valence-electron chi connectivity index (χ1n) is 13.8. The van der Waals surface area contributed by atoms with Crippen LogP contribution in [0, 0.1) is 0 Å². The fourth-order valence-corrected chi connectivity index (χ4v) is 5.49. The van der Waals surface area contributed by atoms with E-state index in [1.54, 1.807) is 9.80 Å². The number of benzene rings is 3. The largest absolute Gasteiger partial charge is 0.396 e. The van der Waals surface area contributed by atoms with E-state index in [0.29, 0.717) is 32.2 Å². The molecule has 1 heterocycles. The molecule has 0 bridgehead atoms. The molecule has 1 aliphatic rings. The van der Waals surface area contributed by atoms with Crippen LogP contribution in [0.1, 0.15) is 41.5 Å². The second-order valence-corrected chi connectivity index (χ2v) is 10.4. The molecule has 1 aliphatic heterocycles. The Labute approximate surface area is 231 Å². The molecule has 7 heteroatoms. The normalized spacial score (nSPS) is 21.7. The molecule has 0 aromatic heterocycles. The maximum absolute atomic E-state index is 14.4. The molecular formula is C32H40N2O5. The van der Waals surface area contributed by atoms with Gasteiger partial charge in [0.2, 0.25) is 0 Å². The number of unbranched alkanes of at least 4 members (excludes halogenated alkanes) is 2. The Hall–Kier alpha value is -3.23. The molecule has 1 saturated heterocycles. The molecule has 1 fully saturated rings. The van der Waals surface area contributed by atoms with Crippen molar-refractivity contribution in [2.24, 2.45) is 0 Å². The standard InChI is InChI=1S/C32H40N2O5/c35-18-9-3-8-17-33-28(20-24-11-4-1-5-12-24)30(37)31(38)29(21-25-13-6-2-7-14-25)34(32(33)39)22-26-15-10-16-27(19-26)23-36/h1-2,4-7,10-16,19,28-31,35-38H,3,8-9,17-18,20-23H2/t28-,29-,30+,31+/m1/s1. The predicted molar refractivity (Wildman–Crippen MR) is 151 cm³/mol. The third kappa shape index (κ3) is 7.46. The highest BCUT2D eigenvalue weighted by molar-refractivity contribution is 5.76. The van der Waals surface area contributed by atoms with E-state index in [2.05, 4.69) is 0 Å². The van der Waals surface area contributed by atoms with Crippen molar-refractivity contribution in [3.05, 3.63) is 107 Å². The van der Waals surface area contributed by atoms with Crippen LogP contribution in [-0.4, -0.2) is 73.7 Å². The van der Waals surface area contributed by atoms with E-state index in [4.69, 9.17) is 0 Å². The van der Waals surface area contributed by atoms with Gasteiger partial charge in [0.15, 0.2) is 0 Å². The lowest BCUT2D eigenvalue weighted by Gasteiger charge is -2.36. The summed E-state index contributed by atoms with van der Waals surface area (Å²) in [5.41, 5.74) is 3.53. The lowest BCUT2D eigenvalue weighted by molar-refractivity contribution is -0.0402. The van der Waals surface area contributed by atoms with E-state index in [9.17, 15) is 25.2 Å². The van der Waals surface area contributed by atoms with Crippen molar-refractivity contribution >= 4 is 6.03 Å². The first kappa shape index (κ1) is 28.8. The molecule has 3 aromatic carbocycles. The number of amides is 2. The SMILES string of the molecule is O=C1N(CCCCCO)[C@H](Cc2ccccc2)[C@H](O)[C@@H](O)[C@@H](Cc2ccccc2)N1Cc1cccc(CO)c1. The number of urea groups is 1. The highest BCUT2D eigenvalue weighted by Crippen LogP contribution is 2.29. The monoisotopic (exact) mass is 532 g/mol. The Morgan fingerprint density at radius 1 is 0.615 bits per heavy atom. The summed E-state index contributed by atoms with van der Waals surface area (Å²) in [5.74, 6) is 0. The van der Waals surface area contributed by atoms with Crippen molar-refractivity contribution in [2.75, 3.05) is 13.2 Å². The average Bonchev–Trinajstić information content (AvgIpc) is 3.03. The summed E-state index contributed by atoms with van der Waals surface area (Å²) in [4.78, 5) is 17.8. The van der Waals surface area contributed by atoms with E-state index in [1.165, 1.54) is 0 Å². The van der Waals surface area contributed by atoms with Gasteiger partial charge in [-0.25, -0.2) is 4.79 Å². The molecule has 0 spiro atoms. The molecule has 208 valence electrons. The van der Waals surface area contributed by atoms with Crippen LogP contribution in [-0.2, 0) is 26.0 Å². The molecule has 0 saturated carbocycles. The number of hydrogen-bond acceptors (Lipinski definition) is 5. The summed E-state index contributed by atoms with van der Waals surface area (Å²) in [6.07, 6.45) is 0.545. The molecule has 4 rings (SSSR count). The van der Waals surface area contributed by atoms with Gasteiger partial charge in [-0.1, -0.05) is 84.9 Å². The van der Waals surface area contributed by atoms with Crippen LogP contribution < -0.4 is 0 Å². The van der Waals surface area contributed by atoms with E-state index < -0.39 is 24.3 Å². The lowest BCUT2D eigenvalue weighted by atomic mass is 9.91. The Bertz CT molecular complexity index is 1160. The van der Waals surface area contributed by atoms with Gasteiger partial charge in [0.25, 0.3) is 0 Å². The summed E-state index contributed by atoms with van der Waals surface area (Å²) in [7, 11) is 0. The third-order valence-corrected chi connectivity index (χ3v) is 7.59. The second kappa shape index (κ2) is 14.2. The van der Waals surface area contributed by atoms with Crippen molar-refractivity contribution < 1.29 is 25.2 Å². The van der Waals surface area contributed by atoms with E-state index in [-0.39, 0.29) is 25.8 Å². The summed E-state index contributed by atoms with van der Waals surface area (Å²) in [5, 5.41) is 42.3. The van der Waals surface area contributed by atoms with Crippen LogP contribution >= 0.6 is 0 Å². The van der Waals surface area contributed by atoms with Crippen LogP contribution in [0.5, 0.6) is 0 Å². The Balaban J connectivity index is 1.73. The van der Waals surface area contributed by atoms with Gasteiger partial charge in [-0.2, -0.15) is 0 Å². The van der Waals surface area contributed by atoms with Crippen LogP contribution in [0.3, 0.4) is 0 Å². The quantitative estimate of drug-likeness (QED) is 0.267. The van der Waals surface area contributed by atoms with Gasteiger partial charge in [0.05, 0.1) is 18.7 Å². The number of rotatable bonds is 12. The van der Waals surface area contributed by atoms with Crippen molar-refractivity contribution in [3.63, 3.8) is 0 Å². The van der Waals surface area contributed by atoms with Gasteiger partial charge in [-0.3, -0.25) is 0 Å². The van der Waals surface area contributed by atoms with Crippen LogP contribution in [0.25, 0.3) is 0 Å². The molecule has 2 amide bonds. The van der Waals surface area contributed by atoms with Gasteiger partial charge >= 0.3 is 6.03 Å². The minimum atomic E-state index is -1.17. The number of carbonyl (C=O) groups excluding carboxylic acids is 1. The molecule has 0 unspecified atom stereocenters. The summed E-state index contributed by atoms with van der Waals surface area (Å²) >= 11 is 0. The fraction of sp³-hybridized carbons (Fsp3) is 0.406. The molecule has 39 heavy (non-hydrogen) atoms. The molecule has 7 nitrogen and oxygen atoms in total. The molecule has 3 aromatic rings. The molecule has 4 N–H and O–H groups in total. The zero-order valence-electron chi connectivity index (χ0n) is 22.3. The molecular weight excluding hydrogens is 492 g/mol. The zero-order chi connectivity index (χ0) is 27.6. The van der Waals surface area contributed by atoms with E-state index >= 15 is 0 Å². The van der Waals surface area contributed by atoms with Gasteiger partial charge in [-0.15, -0.1) is 0 Å². The van der Waals surface area contributed by atoms with Gasteiger partial charge in [0.1, 0.15) is 12.2 Å². The third-order valence-electron chi connectivity index (χ3n) is 7.59. The lowest BCUT2D eigenvalue weighted by Crippen LogP contribution is -2.51. The smallest absolute Gasteiger partial charge is 0.321 e. The Morgan fingerprint density at radius 3 is 1.72 bits per heavy atom. The summed E-state index contributed by atoms with van der Waals surface area (Å²) in [6.45, 7) is 0.631. The number of carbonyl (C=O) groups is 1. The maximum Gasteiger partial charge on any atom is 0.321 e. The molecule has 0 radical (unpaired) electrons. The number of aliphatic hydroxyl groups excluding tert-OH is 4. The van der Waals surface area contributed by atoms with Gasteiger partial charge in [0, 0.05) is 19.7 Å². The second-order valence-electron chi connectivity index (χ2n) is 10.4. The fourth-order valence-electron chi connectivity index (χ4n) is 5.49.